The third kappa shape index (κ3) is 5.61. The van der Waals surface area contributed by atoms with E-state index in [-0.39, 0.29) is 11.9 Å². The highest BCUT2D eigenvalue weighted by atomic mass is 35.5. The molecular weight excluding hydrogens is 434 g/mol. The first-order valence-corrected chi connectivity index (χ1v) is 11.8. The molecule has 32 heavy (non-hydrogen) atoms. The monoisotopic (exact) mass is 457 g/mol. The minimum atomic E-state index is -0.204. The van der Waals surface area contributed by atoms with E-state index >= 15 is 0 Å². The first-order valence-electron chi connectivity index (χ1n) is 10.5. The summed E-state index contributed by atoms with van der Waals surface area (Å²) >= 11 is 7.70. The van der Waals surface area contributed by atoms with E-state index in [0.29, 0.717) is 5.56 Å². The molecule has 0 spiro atoms. The van der Waals surface area contributed by atoms with Crippen molar-refractivity contribution in [3.63, 3.8) is 0 Å². The van der Waals surface area contributed by atoms with Gasteiger partial charge in [-0.05, 0) is 65.6 Å². The second-order valence-electron chi connectivity index (χ2n) is 7.61. The van der Waals surface area contributed by atoms with Crippen molar-refractivity contribution in [2.24, 2.45) is 0 Å². The Kier molecular flexibility index (Phi) is 7.31. The minimum Gasteiger partial charge on any atom is -0.341 e. The summed E-state index contributed by atoms with van der Waals surface area (Å²) in [5.41, 5.74) is 5.13. The number of thioether (sulfide) groups is 1. The van der Waals surface area contributed by atoms with Crippen LogP contribution in [0.4, 0.5) is 0 Å². The van der Waals surface area contributed by atoms with Gasteiger partial charge in [-0.15, -0.1) is 11.8 Å². The maximum absolute atomic E-state index is 13.1. The lowest BCUT2D eigenvalue weighted by molar-refractivity contribution is 0.0943. The van der Waals surface area contributed by atoms with Crippen molar-refractivity contribution in [1.29, 1.82) is 0 Å². The number of nitrogens with one attached hydrogen (secondary N) is 1. The smallest absolute Gasteiger partial charge is 0.252 e. The van der Waals surface area contributed by atoms with Crippen LogP contribution in [0.15, 0.2) is 108 Å². The summed E-state index contributed by atoms with van der Waals surface area (Å²) in [5, 5.41) is 3.97. The summed E-state index contributed by atoms with van der Waals surface area (Å²) < 4.78 is 0. The lowest BCUT2D eigenvalue weighted by atomic mass is 9.94. The van der Waals surface area contributed by atoms with Crippen LogP contribution in [-0.2, 0) is 5.75 Å². The van der Waals surface area contributed by atoms with E-state index in [1.54, 1.807) is 11.8 Å². The Balaban J connectivity index is 1.47. The highest BCUT2D eigenvalue weighted by Crippen LogP contribution is 2.26. The van der Waals surface area contributed by atoms with Gasteiger partial charge in [0.05, 0.1) is 6.04 Å². The van der Waals surface area contributed by atoms with Crippen LogP contribution >= 0.6 is 23.4 Å². The Bertz CT molecular complexity index is 1170. The van der Waals surface area contributed by atoms with E-state index < -0.39 is 0 Å². The van der Waals surface area contributed by atoms with Crippen molar-refractivity contribution in [2.45, 2.75) is 23.6 Å². The highest BCUT2D eigenvalue weighted by Gasteiger charge is 2.19. The Labute approximate surface area is 198 Å². The average molecular weight is 458 g/mol. The zero-order valence-electron chi connectivity index (χ0n) is 17.8. The Morgan fingerprint density at radius 3 is 2.19 bits per heavy atom. The molecule has 0 fully saturated rings. The first kappa shape index (κ1) is 22.2. The first-order chi connectivity index (χ1) is 15.6. The van der Waals surface area contributed by atoms with Gasteiger partial charge in [-0.3, -0.25) is 4.79 Å². The fourth-order valence-electron chi connectivity index (χ4n) is 3.56. The average Bonchev–Trinajstić information content (AvgIpc) is 2.83. The number of carbonyl (C=O) groups excluding carboxylic acids is 1. The van der Waals surface area contributed by atoms with Gasteiger partial charge in [-0.2, -0.15) is 0 Å². The van der Waals surface area contributed by atoms with Crippen molar-refractivity contribution in [2.75, 3.05) is 0 Å². The van der Waals surface area contributed by atoms with Crippen LogP contribution in [0.1, 0.15) is 38.7 Å². The minimum absolute atomic E-state index is 0.0842. The molecule has 0 saturated heterocycles. The van der Waals surface area contributed by atoms with Gasteiger partial charge in [0.15, 0.2) is 0 Å². The molecule has 160 valence electrons. The lowest BCUT2D eigenvalue weighted by Crippen LogP contribution is -2.29. The molecule has 0 aliphatic carbocycles. The van der Waals surface area contributed by atoms with Gasteiger partial charge in [0.1, 0.15) is 0 Å². The third-order valence-corrected chi connectivity index (χ3v) is 6.68. The Morgan fingerprint density at radius 2 is 1.50 bits per heavy atom. The second-order valence-corrected chi connectivity index (χ2v) is 9.10. The summed E-state index contributed by atoms with van der Waals surface area (Å²) in [4.78, 5) is 14.3. The van der Waals surface area contributed by atoms with Crippen molar-refractivity contribution in [3.8, 4) is 0 Å². The zero-order chi connectivity index (χ0) is 22.3. The maximum atomic E-state index is 13.1. The highest BCUT2D eigenvalue weighted by molar-refractivity contribution is 7.98. The van der Waals surface area contributed by atoms with Crippen LogP contribution in [0.5, 0.6) is 0 Å². The standard InChI is InChI=1S/C28H24ClNOS/c1-20-7-5-6-10-26(20)27(22-8-3-2-4-9-22)30-28(31)23-13-11-21(12-14-23)19-32-25-17-15-24(29)16-18-25/h2-18,27H,19H2,1H3,(H,30,31)/t27-/m1/s1. The molecule has 4 rings (SSSR count). The number of amides is 1. The fraction of sp³-hybridized carbons (Fsp3) is 0.107. The van der Waals surface area contributed by atoms with Crippen molar-refractivity contribution in [3.05, 3.63) is 136 Å². The molecule has 0 radical (unpaired) electrons. The number of carbonyl (C=O) groups is 1. The van der Waals surface area contributed by atoms with Gasteiger partial charge in [0.2, 0.25) is 0 Å². The van der Waals surface area contributed by atoms with Crippen molar-refractivity contribution in [1.82, 2.24) is 5.32 Å². The molecular formula is C28H24ClNOS. The summed E-state index contributed by atoms with van der Waals surface area (Å²) in [7, 11) is 0. The largest absolute Gasteiger partial charge is 0.341 e. The molecule has 0 unspecified atom stereocenters. The normalized spacial score (nSPS) is 11.7. The van der Waals surface area contributed by atoms with Crippen LogP contribution < -0.4 is 5.32 Å². The van der Waals surface area contributed by atoms with Gasteiger partial charge >= 0.3 is 0 Å². The van der Waals surface area contributed by atoms with Crippen LogP contribution in [0, 0.1) is 6.92 Å². The van der Waals surface area contributed by atoms with Crippen molar-refractivity contribution >= 4 is 29.3 Å². The molecule has 0 aliphatic rings. The van der Waals surface area contributed by atoms with Gasteiger partial charge in [0, 0.05) is 21.2 Å². The molecule has 2 nitrogen and oxygen atoms in total. The van der Waals surface area contributed by atoms with Gasteiger partial charge in [-0.25, -0.2) is 0 Å². The molecule has 0 saturated carbocycles. The number of hydrogen-bond donors (Lipinski definition) is 1. The molecule has 4 aromatic rings. The lowest BCUT2D eigenvalue weighted by Gasteiger charge is -2.22. The van der Waals surface area contributed by atoms with Crippen LogP contribution in [0.2, 0.25) is 5.02 Å². The molecule has 0 heterocycles. The Morgan fingerprint density at radius 1 is 0.844 bits per heavy atom. The summed E-state index contributed by atoms with van der Waals surface area (Å²) in [6, 6.07) is 33.7. The number of hydrogen-bond acceptors (Lipinski definition) is 2. The van der Waals surface area contributed by atoms with E-state index in [9.17, 15) is 4.79 Å². The number of halogens is 1. The SMILES string of the molecule is Cc1ccccc1[C@H](NC(=O)c1ccc(CSc2ccc(Cl)cc2)cc1)c1ccccc1. The van der Waals surface area contributed by atoms with Crippen LogP contribution in [-0.4, -0.2) is 5.91 Å². The van der Waals surface area contributed by atoms with Gasteiger partial charge < -0.3 is 5.32 Å². The van der Waals surface area contributed by atoms with E-state index in [0.717, 1.165) is 27.5 Å². The topological polar surface area (TPSA) is 29.1 Å². The molecule has 1 N–H and O–H groups in total. The van der Waals surface area contributed by atoms with Crippen molar-refractivity contribution < 1.29 is 4.79 Å². The molecule has 1 amide bonds. The molecule has 4 aromatic carbocycles. The predicted octanol–water partition coefficient (Wildman–Crippen LogP) is 7.46. The van der Waals surface area contributed by atoms with Crippen LogP contribution in [0.25, 0.3) is 0 Å². The molecule has 4 heteroatoms. The number of aryl methyl sites for hydroxylation is 1. The van der Waals surface area contributed by atoms with E-state index in [1.165, 1.54) is 10.5 Å². The predicted molar refractivity (Wildman–Crippen MR) is 134 cm³/mol. The van der Waals surface area contributed by atoms with E-state index in [4.69, 9.17) is 11.6 Å². The quantitative estimate of drug-likeness (QED) is 0.292. The third-order valence-electron chi connectivity index (χ3n) is 5.34. The Hall–Kier alpha value is -3.01. The molecule has 0 aromatic heterocycles. The molecule has 0 aliphatic heterocycles. The second kappa shape index (κ2) is 10.5. The summed E-state index contributed by atoms with van der Waals surface area (Å²) in [6.07, 6.45) is 0. The zero-order valence-corrected chi connectivity index (χ0v) is 19.4. The van der Waals surface area contributed by atoms with E-state index in [2.05, 4.69) is 36.5 Å². The maximum Gasteiger partial charge on any atom is 0.252 e. The van der Waals surface area contributed by atoms with E-state index in [1.807, 2.05) is 78.9 Å². The fourth-order valence-corrected chi connectivity index (χ4v) is 4.54. The van der Waals surface area contributed by atoms with Crippen LogP contribution in [0.3, 0.4) is 0 Å². The summed E-state index contributed by atoms with van der Waals surface area (Å²) in [6.45, 7) is 2.07. The van der Waals surface area contributed by atoms with Gasteiger partial charge in [0.25, 0.3) is 5.91 Å². The van der Waals surface area contributed by atoms with Gasteiger partial charge in [-0.1, -0.05) is 78.3 Å². The molecule has 0 bridgehead atoms. The molecule has 1 atom stereocenters. The number of rotatable bonds is 7. The number of benzene rings is 4. The summed E-state index contributed by atoms with van der Waals surface area (Å²) in [5.74, 6) is 0.748.